The van der Waals surface area contributed by atoms with E-state index in [2.05, 4.69) is 32.1 Å². The highest BCUT2D eigenvalue weighted by Crippen LogP contribution is 2.28. The fourth-order valence-electron chi connectivity index (χ4n) is 3.08. The Morgan fingerprint density at radius 2 is 2.08 bits per heavy atom. The molecule has 8 heteroatoms. The Kier molecular flexibility index (Phi) is 5.06. The van der Waals surface area contributed by atoms with Gasteiger partial charge in [-0.25, -0.2) is 15.0 Å². The van der Waals surface area contributed by atoms with Crippen LogP contribution < -0.4 is 10.2 Å². The van der Waals surface area contributed by atoms with Crippen molar-refractivity contribution in [1.82, 2.24) is 15.0 Å². The molecular weight excluding hydrogens is 320 g/mol. The molecule has 1 saturated heterocycles. The topological polar surface area (TPSA) is 97.1 Å². The number of pyridine rings is 1. The van der Waals surface area contributed by atoms with Crippen LogP contribution in [0.5, 0.6) is 0 Å². The van der Waals surface area contributed by atoms with Crippen LogP contribution in [0.4, 0.5) is 17.3 Å². The zero-order chi connectivity index (χ0) is 17.8. The van der Waals surface area contributed by atoms with Gasteiger partial charge >= 0.3 is 5.69 Å². The molecule has 0 aromatic carbocycles. The number of nitrogens with zero attached hydrogens (tertiary/aromatic N) is 5. The molecule has 1 aliphatic rings. The van der Waals surface area contributed by atoms with Gasteiger partial charge in [0.2, 0.25) is 5.82 Å². The normalized spacial score (nSPS) is 15.2. The van der Waals surface area contributed by atoms with Gasteiger partial charge in [-0.05, 0) is 32.3 Å². The van der Waals surface area contributed by atoms with Crippen LogP contribution in [0.1, 0.15) is 31.0 Å². The molecule has 0 saturated carbocycles. The third-order valence-corrected chi connectivity index (χ3v) is 4.54. The first-order valence-corrected chi connectivity index (χ1v) is 8.51. The summed E-state index contributed by atoms with van der Waals surface area (Å²) < 4.78 is 0. The van der Waals surface area contributed by atoms with E-state index in [1.54, 1.807) is 25.5 Å². The average Bonchev–Trinajstić information content (AvgIpc) is 2.62. The number of aromatic nitrogens is 3. The van der Waals surface area contributed by atoms with E-state index >= 15 is 0 Å². The Morgan fingerprint density at radius 3 is 2.76 bits per heavy atom. The molecule has 0 amide bonds. The first-order valence-electron chi connectivity index (χ1n) is 8.51. The van der Waals surface area contributed by atoms with Crippen molar-refractivity contribution in [3.8, 4) is 0 Å². The second-order valence-electron chi connectivity index (χ2n) is 6.21. The lowest BCUT2D eigenvalue weighted by Crippen LogP contribution is -2.39. The van der Waals surface area contributed by atoms with Gasteiger partial charge in [-0.3, -0.25) is 10.1 Å². The predicted octanol–water partition coefficient (Wildman–Crippen LogP) is 2.73. The van der Waals surface area contributed by atoms with Crippen LogP contribution in [0.25, 0.3) is 0 Å². The molecule has 1 aliphatic heterocycles. The van der Waals surface area contributed by atoms with Crippen molar-refractivity contribution in [2.45, 2.75) is 39.2 Å². The number of hydrogen-bond donors (Lipinski definition) is 1. The smallest absolute Gasteiger partial charge is 0.314 e. The number of hydrogen-bond acceptors (Lipinski definition) is 7. The minimum atomic E-state index is -0.368. The minimum absolute atomic E-state index is 0.0633. The van der Waals surface area contributed by atoms with Crippen molar-refractivity contribution in [3.05, 3.63) is 46.0 Å². The largest absolute Gasteiger partial charge is 0.361 e. The molecule has 0 spiro atoms. The summed E-state index contributed by atoms with van der Waals surface area (Å²) in [4.78, 5) is 25.9. The van der Waals surface area contributed by atoms with Gasteiger partial charge in [0.15, 0.2) is 0 Å². The van der Waals surface area contributed by atoms with Crippen LogP contribution in [-0.2, 0) is 6.42 Å². The molecule has 132 valence electrons. The molecule has 25 heavy (non-hydrogen) atoms. The van der Waals surface area contributed by atoms with E-state index in [1.807, 2.05) is 6.07 Å². The third-order valence-electron chi connectivity index (χ3n) is 4.54. The molecule has 8 nitrogen and oxygen atoms in total. The summed E-state index contributed by atoms with van der Waals surface area (Å²) in [7, 11) is 0. The summed E-state index contributed by atoms with van der Waals surface area (Å²) in [6.45, 7) is 5.49. The van der Waals surface area contributed by atoms with Gasteiger partial charge in [-0.1, -0.05) is 6.92 Å². The van der Waals surface area contributed by atoms with Gasteiger partial charge in [-0.2, -0.15) is 0 Å². The second kappa shape index (κ2) is 7.42. The van der Waals surface area contributed by atoms with Crippen LogP contribution >= 0.6 is 0 Å². The summed E-state index contributed by atoms with van der Waals surface area (Å²) in [6, 6.07) is 3.85. The predicted molar refractivity (Wildman–Crippen MR) is 95.9 cm³/mol. The number of anilines is 2. The van der Waals surface area contributed by atoms with Crippen LogP contribution in [-0.4, -0.2) is 39.0 Å². The lowest BCUT2D eigenvalue weighted by atomic mass is 10.0. The van der Waals surface area contributed by atoms with Gasteiger partial charge in [-0.15, -0.1) is 0 Å². The van der Waals surface area contributed by atoms with Gasteiger partial charge in [0.1, 0.15) is 12.1 Å². The second-order valence-corrected chi connectivity index (χ2v) is 6.21. The van der Waals surface area contributed by atoms with E-state index in [4.69, 9.17) is 0 Å². The van der Waals surface area contributed by atoms with Crippen molar-refractivity contribution in [2.24, 2.45) is 0 Å². The number of nitrogens with one attached hydrogen (secondary N) is 1. The maximum atomic E-state index is 11.3. The summed E-state index contributed by atoms with van der Waals surface area (Å²) in [5.74, 6) is 1.31. The molecule has 0 atom stereocenters. The molecule has 0 radical (unpaired) electrons. The fraction of sp³-hybridized carbons (Fsp3) is 0.471. The van der Waals surface area contributed by atoms with Gasteiger partial charge < -0.3 is 10.2 Å². The molecule has 3 heterocycles. The van der Waals surface area contributed by atoms with Crippen molar-refractivity contribution in [1.29, 1.82) is 0 Å². The van der Waals surface area contributed by atoms with Crippen LogP contribution in [0, 0.1) is 17.0 Å². The lowest BCUT2D eigenvalue weighted by molar-refractivity contribution is -0.384. The molecule has 3 rings (SSSR count). The summed E-state index contributed by atoms with van der Waals surface area (Å²) in [5.41, 5.74) is 1.71. The summed E-state index contributed by atoms with van der Waals surface area (Å²) in [6.07, 6.45) is 5.85. The van der Waals surface area contributed by atoms with Crippen molar-refractivity contribution in [2.75, 3.05) is 23.3 Å². The Bertz CT molecular complexity index is 759. The Balaban J connectivity index is 1.65. The highest BCUT2D eigenvalue weighted by molar-refractivity contribution is 5.60. The van der Waals surface area contributed by atoms with E-state index in [0.29, 0.717) is 11.4 Å². The van der Waals surface area contributed by atoms with Crippen LogP contribution in [0.3, 0.4) is 0 Å². The number of rotatable bonds is 5. The Labute approximate surface area is 146 Å². The van der Waals surface area contributed by atoms with Gasteiger partial charge in [0.25, 0.3) is 0 Å². The summed E-state index contributed by atoms with van der Waals surface area (Å²) >= 11 is 0. The molecule has 0 bridgehead atoms. The van der Waals surface area contributed by atoms with Crippen LogP contribution in [0.15, 0.2) is 24.7 Å². The van der Waals surface area contributed by atoms with Gasteiger partial charge in [0, 0.05) is 42.7 Å². The number of nitro groups is 1. The van der Waals surface area contributed by atoms with E-state index in [-0.39, 0.29) is 16.7 Å². The first kappa shape index (κ1) is 17.1. The highest BCUT2D eigenvalue weighted by Gasteiger charge is 2.25. The maximum Gasteiger partial charge on any atom is 0.314 e. The summed E-state index contributed by atoms with van der Waals surface area (Å²) in [5, 5.41) is 14.5. The average molecular weight is 342 g/mol. The molecular formula is C17H22N6O2. The lowest BCUT2D eigenvalue weighted by Gasteiger charge is -2.33. The standard InChI is InChI=1S/C17H22N6O2/c1-3-13-10-15(20-11-19-13)22-8-5-14(6-9-22)21-17-16(23(24)25)12(2)4-7-18-17/h4,7,10-11,14H,3,5-6,8-9H2,1-2H3,(H,18,21). The molecule has 2 aromatic rings. The fourth-order valence-corrected chi connectivity index (χ4v) is 3.08. The monoisotopic (exact) mass is 342 g/mol. The quantitative estimate of drug-likeness (QED) is 0.659. The Hall–Kier alpha value is -2.77. The van der Waals surface area contributed by atoms with E-state index in [1.165, 1.54) is 0 Å². The first-order chi connectivity index (χ1) is 12.1. The third kappa shape index (κ3) is 3.84. The molecule has 0 unspecified atom stereocenters. The van der Waals surface area contributed by atoms with E-state index in [0.717, 1.165) is 43.9 Å². The molecule has 1 N–H and O–H groups in total. The van der Waals surface area contributed by atoms with Crippen LogP contribution in [0.2, 0.25) is 0 Å². The minimum Gasteiger partial charge on any atom is -0.361 e. The zero-order valence-corrected chi connectivity index (χ0v) is 14.5. The Morgan fingerprint density at radius 1 is 1.32 bits per heavy atom. The van der Waals surface area contributed by atoms with E-state index in [9.17, 15) is 10.1 Å². The molecule has 2 aromatic heterocycles. The molecule has 0 aliphatic carbocycles. The number of aryl methyl sites for hydroxylation is 2. The SMILES string of the molecule is CCc1cc(N2CCC(Nc3nccc(C)c3[N+](=O)[O-])CC2)ncn1. The maximum absolute atomic E-state index is 11.3. The van der Waals surface area contributed by atoms with E-state index < -0.39 is 0 Å². The highest BCUT2D eigenvalue weighted by atomic mass is 16.6. The van der Waals surface area contributed by atoms with Crippen molar-refractivity contribution in [3.63, 3.8) is 0 Å². The van der Waals surface area contributed by atoms with Crippen molar-refractivity contribution >= 4 is 17.3 Å². The zero-order valence-electron chi connectivity index (χ0n) is 14.5. The van der Waals surface area contributed by atoms with Crippen molar-refractivity contribution < 1.29 is 4.92 Å². The van der Waals surface area contributed by atoms with Gasteiger partial charge in [0.05, 0.1) is 4.92 Å². The number of piperidine rings is 1. The molecule has 1 fully saturated rings.